The van der Waals surface area contributed by atoms with Gasteiger partial charge in [0, 0.05) is 7.11 Å². The SMILES string of the molecule is COCC(NC(=O)[C@@H](N)CCSC)C(C)C. The minimum absolute atomic E-state index is 0.0397. The van der Waals surface area contributed by atoms with Gasteiger partial charge in [-0.2, -0.15) is 11.8 Å². The van der Waals surface area contributed by atoms with Crippen LogP contribution in [0.4, 0.5) is 0 Å². The summed E-state index contributed by atoms with van der Waals surface area (Å²) in [6.45, 7) is 4.63. The van der Waals surface area contributed by atoms with Crippen molar-refractivity contribution >= 4 is 17.7 Å². The van der Waals surface area contributed by atoms with E-state index >= 15 is 0 Å². The lowest BCUT2D eigenvalue weighted by atomic mass is 10.0. The van der Waals surface area contributed by atoms with Gasteiger partial charge in [0.05, 0.1) is 18.7 Å². The van der Waals surface area contributed by atoms with E-state index in [-0.39, 0.29) is 11.9 Å². The van der Waals surface area contributed by atoms with Crippen LogP contribution in [0.25, 0.3) is 0 Å². The first-order chi connectivity index (χ1) is 7.52. The van der Waals surface area contributed by atoms with Crippen LogP contribution in [0.3, 0.4) is 0 Å². The molecule has 0 spiro atoms. The summed E-state index contributed by atoms with van der Waals surface area (Å²) in [5.74, 6) is 1.17. The first-order valence-corrected chi connectivity index (χ1v) is 6.96. The molecule has 0 heterocycles. The maximum absolute atomic E-state index is 11.7. The lowest BCUT2D eigenvalue weighted by Crippen LogP contribution is -2.49. The van der Waals surface area contributed by atoms with Crippen molar-refractivity contribution in [2.24, 2.45) is 11.7 Å². The van der Waals surface area contributed by atoms with E-state index in [1.165, 1.54) is 0 Å². The van der Waals surface area contributed by atoms with Crippen molar-refractivity contribution < 1.29 is 9.53 Å². The van der Waals surface area contributed by atoms with E-state index in [0.717, 1.165) is 5.75 Å². The Bertz CT molecular complexity index is 200. The maximum Gasteiger partial charge on any atom is 0.237 e. The van der Waals surface area contributed by atoms with E-state index in [4.69, 9.17) is 10.5 Å². The maximum atomic E-state index is 11.7. The Morgan fingerprint density at radius 3 is 2.56 bits per heavy atom. The molecule has 0 fully saturated rings. The molecule has 0 aliphatic rings. The highest BCUT2D eigenvalue weighted by Crippen LogP contribution is 2.04. The molecule has 0 aromatic heterocycles. The van der Waals surface area contributed by atoms with E-state index < -0.39 is 6.04 Å². The summed E-state index contributed by atoms with van der Waals surface area (Å²) in [5.41, 5.74) is 5.78. The first kappa shape index (κ1) is 15.7. The Balaban J connectivity index is 4.07. The highest BCUT2D eigenvalue weighted by Gasteiger charge is 2.19. The van der Waals surface area contributed by atoms with E-state index in [1.807, 2.05) is 6.26 Å². The Morgan fingerprint density at radius 1 is 1.50 bits per heavy atom. The highest BCUT2D eigenvalue weighted by atomic mass is 32.2. The summed E-state index contributed by atoms with van der Waals surface area (Å²) < 4.78 is 5.07. The van der Waals surface area contributed by atoms with Crippen molar-refractivity contribution in [2.45, 2.75) is 32.4 Å². The zero-order valence-electron chi connectivity index (χ0n) is 10.7. The molecule has 0 saturated heterocycles. The fourth-order valence-corrected chi connectivity index (χ4v) is 1.74. The van der Waals surface area contributed by atoms with Crippen molar-refractivity contribution in [3.05, 3.63) is 0 Å². The van der Waals surface area contributed by atoms with Gasteiger partial charge in [-0.3, -0.25) is 4.79 Å². The molecule has 0 bridgehead atoms. The average Bonchev–Trinajstić information content (AvgIpc) is 2.24. The van der Waals surface area contributed by atoms with Gasteiger partial charge in [-0.05, 0) is 24.3 Å². The minimum Gasteiger partial charge on any atom is -0.383 e. The summed E-state index contributed by atoms with van der Waals surface area (Å²) >= 11 is 1.70. The molecule has 1 amide bonds. The van der Waals surface area contributed by atoms with Gasteiger partial charge in [0.1, 0.15) is 0 Å². The molecule has 0 aliphatic heterocycles. The molecule has 4 nitrogen and oxygen atoms in total. The lowest BCUT2D eigenvalue weighted by Gasteiger charge is -2.23. The van der Waals surface area contributed by atoms with Gasteiger partial charge in [-0.15, -0.1) is 0 Å². The van der Waals surface area contributed by atoms with E-state index in [9.17, 15) is 4.79 Å². The number of rotatable bonds is 8. The van der Waals surface area contributed by atoms with Gasteiger partial charge in [0.25, 0.3) is 0 Å². The van der Waals surface area contributed by atoms with Crippen LogP contribution in [-0.4, -0.2) is 43.7 Å². The molecule has 0 rings (SSSR count). The molecule has 0 aromatic rings. The summed E-state index contributed by atoms with van der Waals surface area (Å²) in [4.78, 5) is 11.7. The third-order valence-corrected chi connectivity index (χ3v) is 3.09. The normalized spacial score (nSPS) is 14.9. The Labute approximate surface area is 103 Å². The zero-order chi connectivity index (χ0) is 12.6. The summed E-state index contributed by atoms with van der Waals surface area (Å²) in [5, 5.41) is 2.93. The Hall–Kier alpha value is -0.260. The second-order valence-electron chi connectivity index (χ2n) is 4.20. The van der Waals surface area contributed by atoms with E-state index in [0.29, 0.717) is 18.9 Å². The Morgan fingerprint density at radius 2 is 2.12 bits per heavy atom. The summed E-state index contributed by atoms with van der Waals surface area (Å²) in [6, 6.07) is -0.372. The van der Waals surface area contributed by atoms with Crippen LogP contribution in [0.1, 0.15) is 20.3 Å². The number of hydrogen-bond acceptors (Lipinski definition) is 4. The van der Waals surface area contributed by atoms with Gasteiger partial charge >= 0.3 is 0 Å². The van der Waals surface area contributed by atoms with Crippen LogP contribution in [0.2, 0.25) is 0 Å². The molecular formula is C11H24N2O2S. The number of ether oxygens (including phenoxy) is 1. The fourth-order valence-electron chi connectivity index (χ4n) is 1.25. The third kappa shape index (κ3) is 6.35. The number of methoxy groups -OCH3 is 1. The van der Waals surface area contributed by atoms with Crippen LogP contribution < -0.4 is 11.1 Å². The van der Waals surface area contributed by atoms with E-state index in [2.05, 4.69) is 19.2 Å². The fraction of sp³-hybridized carbons (Fsp3) is 0.909. The quantitative estimate of drug-likeness (QED) is 0.668. The number of thioether (sulfide) groups is 1. The predicted molar refractivity (Wildman–Crippen MR) is 69.6 cm³/mol. The molecule has 16 heavy (non-hydrogen) atoms. The van der Waals surface area contributed by atoms with Crippen LogP contribution in [0, 0.1) is 5.92 Å². The number of nitrogens with two attached hydrogens (primary N) is 1. The van der Waals surface area contributed by atoms with Crippen molar-refractivity contribution in [3.63, 3.8) is 0 Å². The smallest absolute Gasteiger partial charge is 0.237 e. The van der Waals surface area contributed by atoms with Crippen LogP contribution in [0.5, 0.6) is 0 Å². The monoisotopic (exact) mass is 248 g/mol. The second-order valence-corrected chi connectivity index (χ2v) is 5.19. The second kappa shape index (κ2) is 8.84. The molecular weight excluding hydrogens is 224 g/mol. The molecule has 0 saturated carbocycles. The molecule has 2 atom stereocenters. The van der Waals surface area contributed by atoms with Crippen LogP contribution in [-0.2, 0) is 9.53 Å². The third-order valence-electron chi connectivity index (χ3n) is 2.45. The van der Waals surface area contributed by atoms with Gasteiger partial charge in [0.2, 0.25) is 5.91 Å². The van der Waals surface area contributed by atoms with Crippen molar-refractivity contribution in [1.29, 1.82) is 0 Å². The van der Waals surface area contributed by atoms with Crippen molar-refractivity contribution in [1.82, 2.24) is 5.32 Å². The molecule has 5 heteroatoms. The van der Waals surface area contributed by atoms with Gasteiger partial charge < -0.3 is 15.8 Å². The van der Waals surface area contributed by atoms with Crippen LogP contribution >= 0.6 is 11.8 Å². The summed E-state index contributed by atoms with van der Waals surface area (Å²) in [6.07, 6.45) is 2.72. The van der Waals surface area contributed by atoms with Gasteiger partial charge in [-0.1, -0.05) is 13.8 Å². The number of carbonyl (C=O) groups excluding carboxylic acids is 1. The molecule has 96 valence electrons. The number of nitrogens with one attached hydrogen (secondary N) is 1. The predicted octanol–water partition coefficient (Wildman–Crippen LogP) is 0.854. The van der Waals surface area contributed by atoms with E-state index in [1.54, 1.807) is 18.9 Å². The molecule has 3 N–H and O–H groups in total. The zero-order valence-corrected chi connectivity index (χ0v) is 11.5. The van der Waals surface area contributed by atoms with Crippen molar-refractivity contribution in [3.8, 4) is 0 Å². The lowest BCUT2D eigenvalue weighted by molar-refractivity contribution is -0.123. The number of carbonyl (C=O) groups is 1. The molecule has 0 aliphatic carbocycles. The summed E-state index contributed by atoms with van der Waals surface area (Å²) in [7, 11) is 1.63. The van der Waals surface area contributed by atoms with Gasteiger partial charge in [-0.25, -0.2) is 0 Å². The molecule has 1 unspecified atom stereocenters. The minimum atomic E-state index is -0.412. The van der Waals surface area contributed by atoms with Crippen molar-refractivity contribution in [2.75, 3.05) is 25.7 Å². The molecule has 0 radical (unpaired) electrons. The number of hydrogen-bond donors (Lipinski definition) is 2. The first-order valence-electron chi connectivity index (χ1n) is 5.56. The number of amides is 1. The Kier molecular flexibility index (Phi) is 8.70. The largest absolute Gasteiger partial charge is 0.383 e. The highest BCUT2D eigenvalue weighted by molar-refractivity contribution is 7.98. The van der Waals surface area contributed by atoms with Gasteiger partial charge in [0.15, 0.2) is 0 Å². The topological polar surface area (TPSA) is 64.3 Å². The average molecular weight is 248 g/mol. The molecule has 0 aromatic carbocycles. The van der Waals surface area contributed by atoms with Crippen LogP contribution in [0.15, 0.2) is 0 Å². The standard InChI is InChI=1S/C11H24N2O2S/c1-8(2)10(7-15-3)13-11(14)9(12)5-6-16-4/h8-10H,5-7,12H2,1-4H3,(H,13,14)/t9-,10?/m0/s1.